The van der Waals surface area contributed by atoms with Gasteiger partial charge in [-0.05, 0) is 41.2 Å². The molecule has 2 amide bonds. The number of rotatable bonds is 4. The van der Waals surface area contributed by atoms with Crippen molar-refractivity contribution in [1.82, 2.24) is 5.32 Å². The summed E-state index contributed by atoms with van der Waals surface area (Å²) in [6, 6.07) is 7.09. The number of aliphatic hydroxyl groups is 2. The van der Waals surface area contributed by atoms with Crippen molar-refractivity contribution in [3.8, 4) is 5.75 Å². The van der Waals surface area contributed by atoms with E-state index in [-0.39, 0.29) is 17.6 Å². The molecule has 0 radical (unpaired) electrons. The number of methoxy groups -OCH3 is 1. The fraction of sp³-hybridized carbons (Fsp3) is 0.409. The quantitative estimate of drug-likeness (QED) is 0.631. The molecule has 0 spiro atoms. The Labute approximate surface area is 169 Å². The fourth-order valence-corrected chi connectivity index (χ4v) is 3.67. The lowest BCUT2D eigenvalue weighted by Crippen LogP contribution is -2.40. The lowest BCUT2D eigenvalue weighted by Gasteiger charge is -2.24. The van der Waals surface area contributed by atoms with Gasteiger partial charge in [-0.25, -0.2) is 9.18 Å². The van der Waals surface area contributed by atoms with E-state index in [0.717, 1.165) is 5.56 Å². The molecule has 0 aliphatic heterocycles. The van der Waals surface area contributed by atoms with E-state index in [0.29, 0.717) is 29.0 Å². The van der Waals surface area contributed by atoms with E-state index in [2.05, 4.69) is 10.6 Å². The minimum atomic E-state index is -1.12. The molecular formula is C22H27FN2O4. The Balaban J connectivity index is 1.82. The van der Waals surface area contributed by atoms with Crippen LogP contribution < -0.4 is 15.4 Å². The molecule has 3 rings (SSSR count). The Morgan fingerprint density at radius 3 is 2.62 bits per heavy atom. The second-order valence-corrected chi connectivity index (χ2v) is 8.29. The molecule has 0 aromatic heterocycles. The van der Waals surface area contributed by atoms with Crippen LogP contribution in [0.1, 0.15) is 49.1 Å². The minimum Gasteiger partial charge on any atom is -0.494 e. The highest BCUT2D eigenvalue weighted by Crippen LogP contribution is 2.36. The van der Waals surface area contributed by atoms with Crippen LogP contribution >= 0.6 is 0 Å². The molecule has 2 aromatic rings. The van der Waals surface area contributed by atoms with Crippen LogP contribution in [0.25, 0.3) is 0 Å². The molecule has 156 valence electrons. The summed E-state index contributed by atoms with van der Waals surface area (Å²) < 4.78 is 19.4. The number of halogens is 1. The maximum absolute atomic E-state index is 14.0. The molecule has 1 unspecified atom stereocenters. The summed E-state index contributed by atoms with van der Waals surface area (Å²) in [5.74, 6) is -0.108. The van der Waals surface area contributed by atoms with Gasteiger partial charge in [-0.2, -0.15) is 0 Å². The second kappa shape index (κ2) is 8.00. The van der Waals surface area contributed by atoms with Gasteiger partial charge < -0.3 is 25.6 Å². The highest BCUT2D eigenvalue weighted by Gasteiger charge is 2.34. The first-order valence-electron chi connectivity index (χ1n) is 9.50. The van der Waals surface area contributed by atoms with E-state index in [4.69, 9.17) is 4.74 Å². The van der Waals surface area contributed by atoms with Crippen molar-refractivity contribution in [2.45, 2.75) is 51.4 Å². The van der Waals surface area contributed by atoms with Gasteiger partial charge in [0, 0.05) is 11.1 Å². The first-order chi connectivity index (χ1) is 13.7. The van der Waals surface area contributed by atoms with Gasteiger partial charge in [-0.1, -0.05) is 32.9 Å². The maximum atomic E-state index is 14.0. The summed E-state index contributed by atoms with van der Waals surface area (Å²) in [6.07, 6.45) is -0.782. The number of carbonyl (C=O) groups excluding carboxylic acids is 1. The van der Waals surface area contributed by atoms with E-state index in [1.54, 1.807) is 18.2 Å². The van der Waals surface area contributed by atoms with Crippen molar-refractivity contribution in [2.24, 2.45) is 0 Å². The van der Waals surface area contributed by atoms with E-state index >= 15 is 0 Å². The monoisotopic (exact) mass is 402 g/mol. The molecule has 0 bridgehead atoms. The summed E-state index contributed by atoms with van der Waals surface area (Å²) in [6.45, 7) is 5.85. The molecule has 2 aromatic carbocycles. The number of ether oxygens (including phenoxy) is 1. The third-order valence-corrected chi connectivity index (χ3v) is 5.23. The Bertz CT molecular complexity index is 924. The summed E-state index contributed by atoms with van der Waals surface area (Å²) in [7, 11) is 1.47. The van der Waals surface area contributed by atoms with Crippen molar-refractivity contribution < 1.29 is 24.1 Å². The number of hydrogen-bond acceptors (Lipinski definition) is 4. The normalized spacial score (nSPS) is 18.3. The van der Waals surface area contributed by atoms with Crippen LogP contribution in [0, 0.1) is 5.82 Å². The van der Waals surface area contributed by atoms with Crippen LogP contribution in [0.3, 0.4) is 0 Å². The van der Waals surface area contributed by atoms with Gasteiger partial charge in [0.05, 0.1) is 25.4 Å². The molecule has 4 N–H and O–H groups in total. The van der Waals surface area contributed by atoms with Crippen LogP contribution in [0.2, 0.25) is 0 Å². The number of amides is 2. The highest BCUT2D eigenvalue weighted by molar-refractivity contribution is 5.92. The van der Waals surface area contributed by atoms with Crippen molar-refractivity contribution >= 4 is 11.7 Å². The molecule has 29 heavy (non-hydrogen) atoms. The van der Waals surface area contributed by atoms with Gasteiger partial charge in [-0.15, -0.1) is 0 Å². The summed E-state index contributed by atoms with van der Waals surface area (Å²) in [5, 5.41) is 25.6. The molecule has 0 heterocycles. The zero-order valence-electron chi connectivity index (χ0n) is 17.0. The second-order valence-electron chi connectivity index (χ2n) is 8.29. The van der Waals surface area contributed by atoms with Crippen molar-refractivity contribution in [3.63, 3.8) is 0 Å². The highest BCUT2D eigenvalue weighted by atomic mass is 19.1. The van der Waals surface area contributed by atoms with Gasteiger partial charge in [0.1, 0.15) is 17.7 Å². The smallest absolute Gasteiger partial charge is 0.319 e. The predicted molar refractivity (Wildman–Crippen MR) is 109 cm³/mol. The molecule has 2 atom stereocenters. The topological polar surface area (TPSA) is 90.8 Å². The van der Waals surface area contributed by atoms with E-state index in [1.165, 1.54) is 13.2 Å². The number of aliphatic hydroxyl groups excluding tert-OH is 2. The van der Waals surface area contributed by atoms with Crippen LogP contribution in [0.15, 0.2) is 30.3 Å². The molecule has 6 nitrogen and oxygen atoms in total. The number of urea groups is 1. The summed E-state index contributed by atoms with van der Waals surface area (Å²) >= 11 is 0. The summed E-state index contributed by atoms with van der Waals surface area (Å²) in [5.41, 5.74) is 2.60. The maximum Gasteiger partial charge on any atom is 0.319 e. The summed E-state index contributed by atoms with van der Waals surface area (Å²) in [4.78, 5) is 12.6. The molecule has 0 fully saturated rings. The van der Waals surface area contributed by atoms with E-state index in [1.807, 2.05) is 26.8 Å². The number of hydrogen-bond donors (Lipinski definition) is 4. The third kappa shape index (κ3) is 4.21. The average molecular weight is 402 g/mol. The standard InChI is InChI=1S/C22H27FN2O4/c1-22(2,3)14-8-13(11-26)20(29-4)17(10-14)25-21(28)24-16-9-12-6-5-7-15(23)18(12)19(16)27/h5-8,10,16,19,26-27H,9,11H2,1-4H3,(H2,24,25,28)/t16?,19-/m1/s1. The van der Waals surface area contributed by atoms with E-state index < -0.39 is 24.0 Å². The zero-order chi connectivity index (χ0) is 21.3. The van der Waals surface area contributed by atoms with Gasteiger partial charge in [0.15, 0.2) is 0 Å². The molecule has 1 aliphatic carbocycles. The number of carbonyl (C=O) groups is 1. The third-order valence-electron chi connectivity index (χ3n) is 5.23. The SMILES string of the molecule is COc1c(CO)cc(C(C)(C)C)cc1NC(=O)NC1Cc2cccc(F)c2[C@@H]1O. The Morgan fingerprint density at radius 2 is 2.03 bits per heavy atom. The molecular weight excluding hydrogens is 375 g/mol. The Kier molecular flexibility index (Phi) is 5.82. The van der Waals surface area contributed by atoms with Crippen molar-refractivity contribution in [1.29, 1.82) is 0 Å². The van der Waals surface area contributed by atoms with Crippen molar-refractivity contribution in [3.05, 3.63) is 58.4 Å². The average Bonchev–Trinajstić information content (AvgIpc) is 2.96. The van der Waals surface area contributed by atoms with Gasteiger partial charge in [-0.3, -0.25) is 0 Å². The lowest BCUT2D eigenvalue weighted by atomic mass is 9.85. The van der Waals surface area contributed by atoms with Crippen LogP contribution in [0.4, 0.5) is 14.9 Å². The van der Waals surface area contributed by atoms with E-state index in [9.17, 15) is 19.4 Å². The van der Waals surface area contributed by atoms with Crippen LogP contribution in [-0.2, 0) is 18.4 Å². The van der Waals surface area contributed by atoms with Gasteiger partial charge in [0.25, 0.3) is 0 Å². The van der Waals surface area contributed by atoms with Gasteiger partial charge in [0.2, 0.25) is 0 Å². The largest absolute Gasteiger partial charge is 0.494 e. The first kappa shape index (κ1) is 21.1. The van der Waals surface area contributed by atoms with Crippen molar-refractivity contribution in [2.75, 3.05) is 12.4 Å². The van der Waals surface area contributed by atoms with Crippen LogP contribution in [-0.4, -0.2) is 29.4 Å². The lowest BCUT2D eigenvalue weighted by molar-refractivity contribution is 0.141. The Morgan fingerprint density at radius 1 is 1.31 bits per heavy atom. The predicted octanol–water partition coefficient (Wildman–Crippen LogP) is 3.40. The molecule has 0 saturated carbocycles. The molecule has 1 aliphatic rings. The minimum absolute atomic E-state index is 0.204. The van der Waals surface area contributed by atoms with Crippen LogP contribution in [0.5, 0.6) is 5.75 Å². The van der Waals surface area contributed by atoms with Gasteiger partial charge >= 0.3 is 6.03 Å². The number of nitrogens with one attached hydrogen (secondary N) is 2. The fourth-order valence-electron chi connectivity index (χ4n) is 3.67. The number of anilines is 1. The molecule has 7 heteroatoms. The Hall–Kier alpha value is -2.64. The molecule has 0 saturated heterocycles. The first-order valence-corrected chi connectivity index (χ1v) is 9.50. The zero-order valence-corrected chi connectivity index (χ0v) is 17.0. The number of benzene rings is 2. The number of fused-ring (bicyclic) bond motifs is 1.